The summed E-state index contributed by atoms with van der Waals surface area (Å²) in [6, 6.07) is 9.15. The van der Waals surface area contributed by atoms with E-state index in [-0.39, 0.29) is 10.7 Å². The zero-order valence-corrected chi connectivity index (χ0v) is 12.3. The van der Waals surface area contributed by atoms with E-state index >= 15 is 0 Å². The first-order valence-corrected chi connectivity index (χ1v) is 7.42. The van der Waals surface area contributed by atoms with E-state index in [9.17, 15) is 9.59 Å². The highest BCUT2D eigenvalue weighted by Crippen LogP contribution is 2.21. The number of rotatable bonds is 2. The molecule has 0 spiro atoms. The molecule has 0 atom stereocenters. The van der Waals surface area contributed by atoms with Crippen LogP contribution < -0.4 is 16.3 Å². The van der Waals surface area contributed by atoms with Crippen LogP contribution in [0.5, 0.6) is 0 Å². The third-order valence-electron chi connectivity index (χ3n) is 3.71. The fourth-order valence-corrected chi connectivity index (χ4v) is 2.96. The van der Waals surface area contributed by atoms with E-state index < -0.39 is 5.69 Å². The molecule has 0 amide bonds. The zero-order valence-electron chi connectivity index (χ0n) is 11.5. The van der Waals surface area contributed by atoms with Crippen LogP contribution >= 0.6 is 11.6 Å². The van der Waals surface area contributed by atoms with Gasteiger partial charge in [-0.1, -0.05) is 41.9 Å². The Labute approximate surface area is 126 Å². The van der Waals surface area contributed by atoms with E-state index in [2.05, 4.69) is 4.98 Å². The highest BCUT2D eigenvalue weighted by Gasteiger charge is 2.19. The lowest BCUT2D eigenvalue weighted by Gasteiger charge is -2.29. The Balaban J connectivity index is 2.18. The highest BCUT2D eigenvalue weighted by molar-refractivity contribution is 6.32. The van der Waals surface area contributed by atoms with Gasteiger partial charge in [-0.25, -0.2) is 4.79 Å². The van der Waals surface area contributed by atoms with E-state index in [1.165, 1.54) is 4.68 Å². The largest absolute Gasteiger partial charge is 0.348 e. The predicted octanol–water partition coefficient (Wildman–Crippen LogP) is 1.98. The minimum Gasteiger partial charge on any atom is -0.306 e. The van der Waals surface area contributed by atoms with E-state index in [4.69, 9.17) is 11.6 Å². The van der Waals surface area contributed by atoms with Crippen LogP contribution in [0.3, 0.4) is 0 Å². The topological polar surface area (TPSA) is 58.1 Å². The molecule has 1 aromatic carbocycles. The van der Waals surface area contributed by atoms with Gasteiger partial charge in [-0.15, -0.1) is 0 Å². The van der Waals surface area contributed by atoms with Gasteiger partial charge in [0, 0.05) is 13.1 Å². The number of piperidine rings is 1. The summed E-state index contributed by atoms with van der Waals surface area (Å²) in [6.07, 6.45) is 3.09. The second-order valence-electron chi connectivity index (χ2n) is 5.12. The molecule has 21 heavy (non-hydrogen) atoms. The van der Waals surface area contributed by atoms with Crippen LogP contribution in [0.15, 0.2) is 39.9 Å². The minimum atomic E-state index is -0.480. The van der Waals surface area contributed by atoms with Crippen molar-refractivity contribution in [3.05, 3.63) is 56.3 Å². The molecule has 1 aliphatic rings. The van der Waals surface area contributed by atoms with Gasteiger partial charge in [-0.05, 0) is 24.8 Å². The first kappa shape index (κ1) is 13.9. The molecule has 2 heterocycles. The Hall–Kier alpha value is -2.01. The van der Waals surface area contributed by atoms with Gasteiger partial charge in [0.25, 0.3) is 5.56 Å². The van der Waals surface area contributed by atoms with Crippen molar-refractivity contribution in [2.75, 3.05) is 18.1 Å². The second-order valence-corrected chi connectivity index (χ2v) is 5.49. The van der Waals surface area contributed by atoms with Crippen molar-refractivity contribution in [3.63, 3.8) is 0 Å². The quantitative estimate of drug-likeness (QED) is 0.863. The van der Waals surface area contributed by atoms with Crippen LogP contribution in [0.4, 0.5) is 0 Å². The maximum absolute atomic E-state index is 12.7. The summed E-state index contributed by atoms with van der Waals surface area (Å²) >= 11 is 6.09. The fourth-order valence-electron chi connectivity index (χ4n) is 2.69. The number of nitrogens with zero attached hydrogens (tertiary/aromatic N) is 2. The number of hydrogen-bond acceptors (Lipinski definition) is 3. The standard InChI is InChI=1S/C15H16ClN3O2/c16-13-12(11-7-3-1-4-8-11)14(20)19(15(21)17-13)18-9-5-2-6-10-18/h1,3-4,7-8H,2,5-6,9-10H2,(H,17,21). The first-order valence-electron chi connectivity index (χ1n) is 7.04. The average molecular weight is 306 g/mol. The Kier molecular flexibility index (Phi) is 3.84. The smallest absolute Gasteiger partial charge is 0.306 e. The van der Waals surface area contributed by atoms with Crippen molar-refractivity contribution in [2.24, 2.45) is 0 Å². The van der Waals surface area contributed by atoms with Gasteiger partial charge in [-0.2, -0.15) is 4.68 Å². The van der Waals surface area contributed by atoms with Gasteiger partial charge in [0.1, 0.15) is 5.15 Å². The number of benzene rings is 1. The normalized spacial score (nSPS) is 15.2. The summed E-state index contributed by atoms with van der Waals surface area (Å²) in [6.45, 7) is 1.41. The molecule has 5 nitrogen and oxygen atoms in total. The van der Waals surface area contributed by atoms with Crippen molar-refractivity contribution in [3.8, 4) is 11.1 Å². The van der Waals surface area contributed by atoms with E-state index in [1.54, 1.807) is 5.01 Å². The number of aromatic nitrogens is 2. The van der Waals surface area contributed by atoms with Gasteiger partial charge in [0.15, 0.2) is 0 Å². The van der Waals surface area contributed by atoms with E-state index in [1.807, 2.05) is 30.3 Å². The Bertz CT molecular complexity index is 746. The summed E-state index contributed by atoms with van der Waals surface area (Å²) in [7, 11) is 0. The third kappa shape index (κ3) is 2.61. The number of nitrogens with one attached hydrogen (secondary N) is 1. The van der Waals surface area contributed by atoms with Crippen molar-refractivity contribution in [1.82, 2.24) is 9.66 Å². The van der Waals surface area contributed by atoms with Crippen LogP contribution in [0, 0.1) is 0 Å². The first-order chi connectivity index (χ1) is 10.2. The van der Waals surface area contributed by atoms with Gasteiger partial charge in [0.2, 0.25) is 0 Å². The molecule has 1 N–H and O–H groups in total. The SMILES string of the molecule is O=c1[nH]c(Cl)c(-c2ccccc2)c(=O)n1N1CCCCC1. The number of halogens is 1. The van der Waals surface area contributed by atoms with Crippen molar-refractivity contribution < 1.29 is 0 Å². The molecule has 0 aliphatic carbocycles. The van der Waals surface area contributed by atoms with Crippen molar-refractivity contribution >= 4 is 11.6 Å². The lowest BCUT2D eigenvalue weighted by molar-refractivity contribution is 0.457. The van der Waals surface area contributed by atoms with Gasteiger partial charge >= 0.3 is 5.69 Å². The molecular weight excluding hydrogens is 290 g/mol. The molecule has 2 aromatic rings. The summed E-state index contributed by atoms with van der Waals surface area (Å²) in [5, 5.41) is 1.89. The van der Waals surface area contributed by atoms with Crippen molar-refractivity contribution in [2.45, 2.75) is 19.3 Å². The van der Waals surface area contributed by atoms with Gasteiger partial charge in [-0.3, -0.25) is 9.78 Å². The van der Waals surface area contributed by atoms with Gasteiger partial charge in [0.05, 0.1) is 5.56 Å². The lowest BCUT2D eigenvalue weighted by Crippen LogP contribution is -2.52. The summed E-state index contributed by atoms with van der Waals surface area (Å²) in [4.78, 5) is 27.4. The monoisotopic (exact) mass is 305 g/mol. The predicted molar refractivity (Wildman–Crippen MR) is 83.6 cm³/mol. The number of hydrogen-bond donors (Lipinski definition) is 1. The molecule has 0 radical (unpaired) electrons. The molecule has 1 fully saturated rings. The van der Waals surface area contributed by atoms with Gasteiger partial charge < -0.3 is 5.01 Å². The molecule has 3 rings (SSSR count). The molecule has 6 heteroatoms. The molecule has 1 aromatic heterocycles. The Morgan fingerprint density at radius 3 is 2.33 bits per heavy atom. The Morgan fingerprint density at radius 1 is 1.00 bits per heavy atom. The third-order valence-corrected chi connectivity index (χ3v) is 4.00. The molecule has 0 unspecified atom stereocenters. The average Bonchev–Trinajstić information content (AvgIpc) is 2.49. The molecule has 0 saturated carbocycles. The van der Waals surface area contributed by atoms with Crippen LogP contribution in [0.1, 0.15) is 19.3 Å². The molecule has 0 bridgehead atoms. The molecule has 110 valence electrons. The second kappa shape index (κ2) is 5.77. The molecular formula is C15H16ClN3O2. The zero-order chi connectivity index (χ0) is 14.8. The van der Waals surface area contributed by atoms with Crippen LogP contribution in [-0.2, 0) is 0 Å². The summed E-state index contributed by atoms with van der Waals surface area (Å²) in [5.74, 6) is 0. The van der Waals surface area contributed by atoms with E-state index in [0.29, 0.717) is 24.2 Å². The number of H-pyrrole nitrogens is 1. The minimum absolute atomic E-state index is 0.0875. The molecule has 1 aliphatic heterocycles. The summed E-state index contributed by atoms with van der Waals surface area (Å²) in [5.41, 5.74) is 0.195. The van der Waals surface area contributed by atoms with Crippen molar-refractivity contribution in [1.29, 1.82) is 0 Å². The lowest BCUT2D eigenvalue weighted by atomic mass is 10.1. The summed E-state index contributed by atoms with van der Waals surface area (Å²) < 4.78 is 1.19. The van der Waals surface area contributed by atoms with Crippen LogP contribution in [0.2, 0.25) is 5.15 Å². The van der Waals surface area contributed by atoms with Crippen LogP contribution in [0.25, 0.3) is 11.1 Å². The van der Waals surface area contributed by atoms with Crippen LogP contribution in [-0.4, -0.2) is 22.7 Å². The fraction of sp³-hybridized carbons (Fsp3) is 0.333. The number of aromatic amines is 1. The maximum Gasteiger partial charge on any atom is 0.348 e. The molecule has 1 saturated heterocycles. The maximum atomic E-state index is 12.7. The highest BCUT2D eigenvalue weighted by atomic mass is 35.5. The van der Waals surface area contributed by atoms with E-state index in [0.717, 1.165) is 19.3 Å². The Morgan fingerprint density at radius 2 is 1.67 bits per heavy atom.